The summed E-state index contributed by atoms with van der Waals surface area (Å²) in [5.74, 6) is -0.503. The maximum atomic E-state index is 11.3. The SMILES string of the molecule is CCC(=O)[O][Sn]([CH2]C)([CH2]C)[O]C(=O)CC. The van der Waals surface area contributed by atoms with Gasteiger partial charge in [-0.2, -0.15) is 0 Å². The second-order valence-electron chi connectivity index (χ2n) is 3.27. The van der Waals surface area contributed by atoms with Crippen LogP contribution in [0.5, 0.6) is 0 Å². The van der Waals surface area contributed by atoms with Crippen molar-refractivity contribution in [2.24, 2.45) is 0 Å². The molecule has 0 fully saturated rings. The van der Waals surface area contributed by atoms with Gasteiger partial charge in [-0.1, -0.05) is 0 Å². The standard InChI is InChI=1S/2C3H6O2.2C2H5.Sn/c2*1-2-3(4)5;2*1-2;/h2*2H2,1H3,(H,4,5);2*1H2,2H3;/q;;;;+2/p-2. The normalized spacial score (nSPS) is 10.9. The quantitative estimate of drug-likeness (QED) is 0.704. The van der Waals surface area contributed by atoms with Gasteiger partial charge >= 0.3 is 96.3 Å². The van der Waals surface area contributed by atoms with Crippen LogP contribution in [0.3, 0.4) is 0 Å². The molecule has 0 unspecified atom stereocenters. The van der Waals surface area contributed by atoms with Gasteiger partial charge in [0.15, 0.2) is 0 Å². The molecule has 0 aromatic heterocycles. The molecule has 0 rings (SSSR count). The van der Waals surface area contributed by atoms with Gasteiger partial charge in [0.25, 0.3) is 0 Å². The molecule has 0 bridgehead atoms. The third-order valence-corrected chi connectivity index (χ3v) is 11.8. The molecule has 0 heterocycles. The fourth-order valence-electron chi connectivity index (χ4n) is 1.12. The zero-order valence-electron chi connectivity index (χ0n) is 9.96. The van der Waals surface area contributed by atoms with Crippen LogP contribution < -0.4 is 0 Å². The average Bonchev–Trinajstić information content (AvgIpc) is 2.27. The summed E-state index contributed by atoms with van der Waals surface area (Å²) in [6, 6.07) is 0. The van der Waals surface area contributed by atoms with Crippen LogP contribution in [0.1, 0.15) is 40.5 Å². The molecule has 0 radical (unpaired) electrons. The van der Waals surface area contributed by atoms with Gasteiger partial charge < -0.3 is 0 Å². The molecular weight excluding hydrogens is 303 g/mol. The first-order valence-electron chi connectivity index (χ1n) is 5.47. The molecule has 0 N–H and O–H groups in total. The van der Waals surface area contributed by atoms with E-state index in [9.17, 15) is 9.59 Å². The van der Waals surface area contributed by atoms with Crippen molar-refractivity contribution in [1.82, 2.24) is 0 Å². The van der Waals surface area contributed by atoms with Crippen LogP contribution >= 0.6 is 0 Å². The van der Waals surface area contributed by atoms with E-state index in [2.05, 4.69) is 0 Å². The van der Waals surface area contributed by atoms with Crippen molar-refractivity contribution in [2.45, 2.75) is 49.4 Å². The Balaban J connectivity index is 4.56. The molecule has 0 atom stereocenters. The van der Waals surface area contributed by atoms with Crippen molar-refractivity contribution in [3.8, 4) is 0 Å². The van der Waals surface area contributed by atoms with Gasteiger partial charge in [0.05, 0.1) is 0 Å². The molecule has 0 aliphatic carbocycles. The second-order valence-corrected chi connectivity index (χ2v) is 13.7. The predicted molar refractivity (Wildman–Crippen MR) is 59.5 cm³/mol. The molecule has 0 spiro atoms. The Morgan fingerprint density at radius 2 is 1.20 bits per heavy atom. The molecule has 0 aromatic carbocycles. The van der Waals surface area contributed by atoms with Crippen LogP contribution in [0, 0.1) is 0 Å². The Labute approximate surface area is 96.3 Å². The van der Waals surface area contributed by atoms with E-state index in [0.717, 1.165) is 0 Å². The van der Waals surface area contributed by atoms with E-state index in [0.29, 0.717) is 21.7 Å². The molecule has 4 nitrogen and oxygen atoms in total. The van der Waals surface area contributed by atoms with Gasteiger partial charge in [-0.3, -0.25) is 0 Å². The van der Waals surface area contributed by atoms with E-state index in [-0.39, 0.29) is 11.9 Å². The van der Waals surface area contributed by atoms with Gasteiger partial charge in [0.2, 0.25) is 0 Å². The zero-order chi connectivity index (χ0) is 11.9. The second kappa shape index (κ2) is 7.09. The summed E-state index contributed by atoms with van der Waals surface area (Å²) in [4.78, 5) is 22.5. The molecule has 5 heteroatoms. The first-order chi connectivity index (χ1) is 7.03. The molecule has 0 saturated heterocycles. The van der Waals surface area contributed by atoms with Crippen molar-refractivity contribution in [3.63, 3.8) is 0 Å². The van der Waals surface area contributed by atoms with Gasteiger partial charge in [0, 0.05) is 0 Å². The number of carbonyl (C=O) groups is 2. The van der Waals surface area contributed by atoms with Gasteiger partial charge in [-0.15, -0.1) is 0 Å². The number of hydrogen-bond donors (Lipinski definition) is 0. The summed E-state index contributed by atoms with van der Waals surface area (Å²) in [5, 5.41) is 0. The molecule has 88 valence electrons. The van der Waals surface area contributed by atoms with Crippen LogP contribution in [0.2, 0.25) is 8.87 Å². The van der Waals surface area contributed by atoms with Crippen LogP contribution in [-0.2, 0) is 15.7 Å². The Morgan fingerprint density at radius 3 is 1.40 bits per heavy atom. The van der Waals surface area contributed by atoms with Crippen LogP contribution in [0.15, 0.2) is 0 Å². The van der Waals surface area contributed by atoms with Crippen molar-refractivity contribution in [3.05, 3.63) is 0 Å². The predicted octanol–water partition coefficient (Wildman–Crippen LogP) is 2.37. The Morgan fingerprint density at radius 1 is 0.867 bits per heavy atom. The molecule has 0 aliphatic heterocycles. The van der Waals surface area contributed by atoms with Gasteiger partial charge in [-0.05, 0) is 0 Å². The minimum absolute atomic E-state index is 0.251. The van der Waals surface area contributed by atoms with Crippen molar-refractivity contribution in [1.29, 1.82) is 0 Å². The molecule has 0 amide bonds. The molecular formula is C10H20O4Sn. The Bertz CT molecular complexity index is 203. The van der Waals surface area contributed by atoms with Crippen LogP contribution in [-0.4, -0.2) is 31.1 Å². The van der Waals surface area contributed by atoms with Gasteiger partial charge in [0.1, 0.15) is 0 Å². The summed E-state index contributed by atoms with van der Waals surface area (Å²) in [5.41, 5.74) is 0. The number of rotatable bonds is 6. The van der Waals surface area contributed by atoms with E-state index in [1.807, 2.05) is 13.8 Å². The molecule has 15 heavy (non-hydrogen) atoms. The van der Waals surface area contributed by atoms with Gasteiger partial charge in [-0.25, -0.2) is 0 Å². The average molecular weight is 323 g/mol. The number of hydrogen-bond acceptors (Lipinski definition) is 4. The minimum atomic E-state index is -3.40. The third kappa shape index (κ3) is 4.86. The van der Waals surface area contributed by atoms with E-state index >= 15 is 0 Å². The van der Waals surface area contributed by atoms with Crippen molar-refractivity contribution >= 4 is 31.1 Å². The van der Waals surface area contributed by atoms with Crippen molar-refractivity contribution < 1.29 is 15.7 Å². The van der Waals surface area contributed by atoms with Crippen LogP contribution in [0.4, 0.5) is 0 Å². The first-order valence-corrected chi connectivity index (χ1v) is 11.8. The summed E-state index contributed by atoms with van der Waals surface area (Å²) in [7, 11) is 0. The van der Waals surface area contributed by atoms with E-state index in [1.165, 1.54) is 0 Å². The van der Waals surface area contributed by atoms with Crippen molar-refractivity contribution in [2.75, 3.05) is 0 Å². The van der Waals surface area contributed by atoms with E-state index in [1.54, 1.807) is 13.8 Å². The molecule has 0 saturated carbocycles. The Kier molecular flexibility index (Phi) is 6.96. The van der Waals surface area contributed by atoms with E-state index in [4.69, 9.17) is 6.15 Å². The first kappa shape index (κ1) is 14.7. The summed E-state index contributed by atoms with van der Waals surface area (Å²) < 4.78 is 12.1. The van der Waals surface area contributed by atoms with E-state index < -0.39 is 19.2 Å². The Hall–Kier alpha value is -0.261. The van der Waals surface area contributed by atoms with Crippen LogP contribution in [0.25, 0.3) is 0 Å². The number of carbonyl (C=O) groups excluding carboxylic acids is 2. The monoisotopic (exact) mass is 324 g/mol. The molecule has 0 aliphatic rings. The maximum absolute atomic E-state index is 11.3. The summed E-state index contributed by atoms with van der Waals surface area (Å²) in [6.07, 6.45) is 0.671. The summed E-state index contributed by atoms with van der Waals surface area (Å²) in [6.45, 7) is 7.33. The fraction of sp³-hybridized carbons (Fsp3) is 0.800. The summed E-state index contributed by atoms with van der Waals surface area (Å²) >= 11 is -3.40. The molecule has 0 aromatic rings. The third-order valence-electron chi connectivity index (χ3n) is 2.25. The topological polar surface area (TPSA) is 52.6 Å². The fourth-order valence-corrected chi connectivity index (χ4v) is 7.50. The zero-order valence-corrected chi connectivity index (χ0v) is 12.8.